The lowest BCUT2D eigenvalue weighted by Gasteiger charge is -2.42. The number of allylic oxidation sites excluding steroid dienone is 2. The Bertz CT molecular complexity index is 2830. The molecule has 0 radical (unpaired) electrons. The van der Waals surface area contributed by atoms with Crippen molar-refractivity contribution in [1.29, 1.82) is 0 Å². The molecule has 0 N–H and O–H groups in total. The van der Waals surface area contributed by atoms with Crippen molar-refractivity contribution < 1.29 is 0 Å². The molecule has 0 saturated heterocycles. The minimum Gasteiger partial charge on any atom is -0.334 e. The molecule has 1 atom stereocenters. The van der Waals surface area contributed by atoms with E-state index in [1.54, 1.807) is 0 Å². The molecule has 11 rings (SSSR count). The molecule has 2 aliphatic carbocycles. The molecule has 4 aliphatic rings. The number of anilines is 5. The summed E-state index contributed by atoms with van der Waals surface area (Å²) in [6, 6.07) is 48.8. The Hall–Kier alpha value is -6.00. The minimum atomic E-state index is -0.114. The van der Waals surface area contributed by atoms with Crippen LogP contribution in [0.3, 0.4) is 0 Å². The Kier molecular flexibility index (Phi) is 7.00. The van der Waals surface area contributed by atoms with Crippen molar-refractivity contribution >= 4 is 62.4 Å². The highest BCUT2D eigenvalue weighted by Crippen LogP contribution is 2.54. The highest BCUT2D eigenvalue weighted by atomic mass is 15.2. The van der Waals surface area contributed by atoms with E-state index in [0.29, 0.717) is 0 Å². The van der Waals surface area contributed by atoms with E-state index in [4.69, 9.17) is 0 Å². The normalized spacial score (nSPS) is 16.8. The van der Waals surface area contributed by atoms with E-state index < -0.39 is 0 Å². The van der Waals surface area contributed by atoms with Crippen LogP contribution in [0.2, 0.25) is 0 Å². The van der Waals surface area contributed by atoms with Gasteiger partial charge in [0.2, 0.25) is 0 Å². The van der Waals surface area contributed by atoms with Gasteiger partial charge in [-0.05, 0) is 106 Å². The van der Waals surface area contributed by atoms with Crippen molar-refractivity contribution in [3.8, 4) is 16.9 Å². The maximum Gasteiger partial charge on any atom is 0.252 e. The maximum atomic E-state index is 2.65. The van der Waals surface area contributed by atoms with Gasteiger partial charge in [0.1, 0.15) is 0 Å². The number of para-hydroxylation sites is 2. The molecular weight excluding hydrogens is 677 g/mol. The van der Waals surface area contributed by atoms with Gasteiger partial charge in [0.15, 0.2) is 0 Å². The molecule has 0 amide bonds. The lowest BCUT2D eigenvalue weighted by Crippen LogP contribution is -2.60. The fourth-order valence-electron chi connectivity index (χ4n) is 10.5. The molecule has 0 saturated carbocycles. The Morgan fingerprint density at radius 3 is 2.30 bits per heavy atom. The van der Waals surface area contributed by atoms with Gasteiger partial charge in [-0.1, -0.05) is 138 Å². The molecular formula is C52H46BN3. The second kappa shape index (κ2) is 11.8. The average molecular weight is 724 g/mol. The van der Waals surface area contributed by atoms with Gasteiger partial charge in [0.05, 0.1) is 11.7 Å². The van der Waals surface area contributed by atoms with Crippen LogP contribution in [0, 0.1) is 6.92 Å². The molecule has 3 nitrogen and oxygen atoms in total. The van der Waals surface area contributed by atoms with Crippen LogP contribution in [-0.4, -0.2) is 17.3 Å². The molecule has 0 bridgehead atoms. The van der Waals surface area contributed by atoms with E-state index in [2.05, 4.69) is 208 Å². The first-order chi connectivity index (χ1) is 27.1. The van der Waals surface area contributed by atoms with Crippen LogP contribution in [0.15, 0.2) is 152 Å². The number of hydrogen-bond donors (Lipinski definition) is 0. The van der Waals surface area contributed by atoms with E-state index >= 15 is 0 Å². The third-order valence-electron chi connectivity index (χ3n) is 13.0. The summed E-state index contributed by atoms with van der Waals surface area (Å²) in [6.45, 7) is 14.1. The summed E-state index contributed by atoms with van der Waals surface area (Å²) in [6.07, 6.45) is 9.96. The molecule has 6 aromatic carbocycles. The Labute approximate surface area is 331 Å². The predicted molar refractivity (Wildman–Crippen MR) is 239 cm³/mol. The number of rotatable bonds is 4. The number of aryl methyl sites for hydroxylation is 1. The molecule has 0 fully saturated rings. The molecule has 3 heterocycles. The molecule has 2 aliphatic heterocycles. The van der Waals surface area contributed by atoms with Gasteiger partial charge in [0.25, 0.3) is 6.71 Å². The molecule has 272 valence electrons. The monoisotopic (exact) mass is 723 g/mol. The smallest absolute Gasteiger partial charge is 0.252 e. The number of nitrogens with zero attached hydrogens (tertiary/aromatic N) is 3. The minimum absolute atomic E-state index is 0.00637. The topological polar surface area (TPSA) is 11.4 Å². The van der Waals surface area contributed by atoms with Crippen molar-refractivity contribution in [3.63, 3.8) is 0 Å². The van der Waals surface area contributed by atoms with Crippen molar-refractivity contribution in [2.45, 2.75) is 64.8 Å². The van der Waals surface area contributed by atoms with Crippen LogP contribution in [0.1, 0.15) is 63.3 Å². The number of aromatic nitrogens is 1. The van der Waals surface area contributed by atoms with Crippen molar-refractivity contribution in [2.75, 3.05) is 9.80 Å². The third kappa shape index (κ3) is 4.59. The lowest BCUT2D eigenvalue weighted by molar-refractivity contribution is 0.590. The van der Waals surface area contributed by atoms with Crippen molar-refractivity contribution in [3.05, 3.63) is 174 Å². The highest BCUT2D eigenvalue weighted by Gasteiger charge is 2.47. The summed E-state index contributed by atoms with van der Waals surface area (Å²) in [5, 5.41) is 1.37. The quantitative estimate of drug-likeness (QED) is 0.168. The number of benzene rings is 6. The first-order valence-electron chi connectivity index (χ1n) is 20.3. The molecule has 1 aromatic heterocycles. The van der Waals surface area contributed by atoms with Crippen LogP contribution in [-0.2, 0) is 10.8 Å². The van der Waals surface area contributed by atoms with E-state index in [-0.39, 0.29) is 23.6 Å². The van der Waals surface area contributed by atoms with Crippen LogP contribution in [0.4, 0.5) is 28.4 Å². The summed E-state index contributed by atoms with van der Waals surface area (Å²) in [5.74, 6) is 0. The standard InChI is InChI=1S/C52H46BN3/c1-33-29-45-48-46(30-33)56-49-40(47-50(56)39-23-13-14-25-41(39)52(47,5)6)24-16-26-43(49)53(48)42-28-27-38(54(35-18-9-7-10-19-35)36-20-11-8-12-21-36)32-44(42)55(45)37-22-15-17-34(31-37)51(2,3)4/h7-20,22-32,36H,21H2,1-6H3. The average Bonchev–Trinajstić information content (AvgIpc) is 3.68. The summed E-state index contributed by atoms with van der Waals surface area (Å²) in [4.78, 5) is 5.11. The second-order valence-electron chi connectivity index (χ2n) is 17.8. The molecule has 7 aromatic rings. The van der Waals surface area contributed by atoms with Crippen LogP contribution in [0.25, 0.3) is 27.8 Å². The summed E-state index contributed by atoms with van der Waals surface area (Å²) >= 11 is 0. The molecule has 0 spiro atoms. The van der Waals surface area contributed by atoms with Gasteiger partial charge in [-0.2, -0.15) is 0 Å². The number of hydrogen-bond acceptors (Lipinski definition) is 2. The SMILES string of the molecule is Cc1cc2c3c(c1)-n1c4c(c5cccc(c51)B3c1ccc(N(c3ccccc3)C3C=CC=CC3)cc1N2c1cccc(C(C)(C)C)c1)C(C)(C)c1ccccc1-4. The summed E-state index contributed by atoms with van der Waals surface area (Å²) in [5.41, 5.74) is 20.9. The van der Waals surface area contributed by atoms with Gasteiger partial charge in [-0.15, -0.1) is 0 Å². The fourth-order valence-corrected chi connectivity index (χ4v) is 10.5. The van der Waals surface area contributed by atoms with Crippen molar-refractivity contribution in [2.24, 2.45) is 0 Å². The van der Waals surface area contributed by atoms with E-state index in [9.17, 15) is 0 Å². The van der Waals surface area contributed by atoms with Gasteiger partial charge < -0.3 is 14.4 Å². The van der Waals surface area contributed by atoms with Gasteiger partial charge in [-0.25, -0.2) is 0 Å². The van der Waals surface area contributed by atoms with Gasteiger partial charge in [0, 0.05) is 56.0 Å². The Morgan fingerprint density at radius 2 is 1.50 bits per heavy atom. The lowest BCUT2D eigenvalue weighted by atomic mass is 9.33. The zero-order valence-corrected chi connectivity index (χ0v) is 33.1. The van der Waals surface area contributed by atoms with E-state index in [0.717, 1.165) is 6.42 Å². The highest BCUT2D eigenvalue weighted by molar-refractivity contribution is 7.00. The van der Waals surface area contributed by atoms with Crippen LogP contribution >= 0.6 is 0 Å². The van der Waals surface area contributed by atoms with Crippen LogP contribution < -0.4 is 26.2 Å². The summed E-state index contributed by atoms with van der Waals surface area (Å²) < 4.78 is 2.65. The largest absolute Gasteiger partial charge is 0.334 e. The Balaban J connectivity index is 1.23. The number of fused-ring (bicyclic) bond motifs is 9. The van der Waals surface area contributed by atoms with Gasteiger partial charge in [-0.3, -0.25) is 0 Å². The molecule has 1 unspecified atom stereocenters. The maximum absolute atomic E-state index is 2.65. The molecule has 4 heteroatoms. The van der Waals surface area contributed by atoms with Gasteiger partial charge >= 0.3 is 0 Å². The molecule has 56 heavy (non-hydrogen) atoms. The second-order valence-corrected chi connectivity index (χ2v) is 17.8. The third-order valence-corrected chi connectivity index (χ3v) is 13.0. The predicted octanol–water partition coefficient (Wildman–Crippen LogP) is 11.2. The zero-order valence-electron chi connectivity index (χ0n) is 33.1. The van der Waals surface area contributed by atoms with Crippen LogP contribution in [0.5, 0.6) is 0 Å². The van der Waals surface area contributed by atoms with E-state index in [1.165, 1.54) is 94.9 Å². The summed E-state index contributed by atoms with van der Waals surface area (Å²) in [7, 11) is 0. The Morgan fingerprint density at radius 1 is 0.714 bits per heavy atom. The zero-order chi connectivity index (χ0) is 38.1. The first-order valence-corrected chi connectivity index (χ1v) is 20.3. The van der Waals surface area contributed by atoms with Crippen molar-refractivity contribution in [1.82, 2.24) is 4.57 Å². The van der Waals surface area contributed by atoms with E-state index in [1.807, 2.05) is 0 Å². The fraction of sp³-hybridized carbons (Fsp3) is 0.192. The first kappa shape index (κ1) is 33.4.